The third-order valence-electron chi connectivity index (χ3n) is 3.14. The molecule has 0 aliphatic heterocycles. The van der Waals surface area contributed by atoms with Crippen molar-refractivity contribution in [1.29, 1.82) is 0 Å². The summed E-state index contributed by atoms with van der Waals surface area (Å²) < 4.78 is 0. The highest BCUT2D eigenvalue weighted by atomic mass is 35.5. The van der Waals surface area contributed by atoms with Gasteiger partial charge < -0.3 is 16.0 Å². The maximum Gasteiger partial charge on any atom is 0.251 e. The molecular weight excluding hydrogens is 326 g/mol. The first-order valence-electron chi connectivity index (χ1n) is 7.65. The molecule has 0 spiro atoms. The van der Waals surface area contributed by atoms with Gasteiger partial charge in [0.2, 0.25) is 5.91 Å². The van der Waals surface area contributed by atoms with Gasteiger partial charge in [-0.2, -0.15) is 0 Å². The van der Waals surface area contributed by atoms with Gasteiger partial charge in [-0.05, 0) is 44.2 Å². The molecule has 24 heavy (non-hydrogen) atoms. The largest absolute Gasteiger partial charge is 0.375 e. The Morgan fingerprint density at radius 1 is 1.08 bits per heavy atom. The van der Waals surface area contributed by atoms with E-state index in [4.69, 9.17) is 11.6 Å². The Balaban J connectivity index is 1.94. The van der Waals surface area contributed by atoms with Crippen LogP contribution in [0.4, 0.5) is 11.4 Å². The average Bonchev–Trinajstić information content (AvgIpc) is 2.54. The van der Waals surface area contributed by atoms with Crippen molar-refractivity contribution < 1.29 is 9.59 Å². The summed E-state index contributed by atoms with van der Waals surface area (Å²) >= 11 is 6.03. The molecule has 0 saturated carbocycles. The first-order chi connectivity index (χ1) is 11.5. The van der Waals surface area contributed by atoms with Gasteiger partial charge in [0, 0.05) is 17.3 Å². The summed E-state index contributed by atoms with van der Waals surface area (Å²) in [7, 11) is 0. The third-order valence-corrected chi connectivity index (χ3v) is 3.47. The van der Waals surface area contributed by atoms with Crippen molar-refractivity contribution in [2.75, 3.05) is 17.2 Å². The molecule has 0 aliphatic carbocycles. The molecule has 0 aliphatic rings. The number of hydrogen-bond acceptors (Lipinski definition) is 3. The zero-order valence-electron chi connectivity index (χ0n) is 13.6. The lowest BCUT2D eigenvalue weighted by Crippen LogP contribution is -2.30. The standard InChI is InChI=1S/C18H20ClN3O2/c1-12(2)21-18(24)13-6-5-7-14(10-13)22-17(23)11-20-16-9-4-3-8-15(16)19/h3-10,12,20H,11H2,1-2H3,(H,21,24)(H,22,23). The zero-order valence-corrected chi connectivity index (χ0v) is 14.4. The molecule has 2 aromatic carbocycles. The third kappa shape index (κ3) is 5.28. The van der Waals surface area contributed by atoms with E-state index in [2.05, 4.69) is 16.0 Å². The summed E-state index contributed by atoms with van der Waals surface area (Å²) in [4.78, 5) is 24.0. The van der Waals surface area contributed by atoms with Crippen LogP contribution in [0.5, 0.6) is 0 Å². The number of amides is 2. The van der Waals surface area contributed by atoms with Gasteiger partial charge in [0.25, 0.3) is 5.91 Å². The van der Waals surface area contributed by atoms with Crippen molar-refractivity contribution in [1.82, 2.24) is 5.32 Å². The molecular formula is C18H20ClN3O2. The van der Waals surface area contributed by atoms with Crippen LogP contribution in [0, 0.1) is 0 Å². The molecule has 0 bridgehead atoms. The Bertz CT molecular complexity index is 732. The smallest absolute Gasteiger partial charge is 0.251 e. The highest BCUT2D eigenvalue weighted by Gasteiger charge is 2.09. The van der Waals surface area contributed by atoms with Crippen LogP contribution >= 0.6 is 11.6 Å². The molecule has 2 amide bonds. The van der Waals surface area contributed by atoms with Crippen LogP contribution in [0.25, 0.3) is 0 Å². The minimum atomic E-state index is -0.226. The molecule has 0 aromatic heterocycles. The molecule has 0 unspecified atom stereocenters. The fourth-order valence-electron chi connectivity index (χ4n) is 2.07. The summed E-state index contributed by atoms with van der Waals surface area (Å²) in [5.41, 5.74) is 1.76. The fourth-order valence-corrected chi connectivity index (χ4v) is 2.27. The monoisotopic (exact) mass is 345 g/mol. The van der Waals surface area contributed by atoms with Gasteiger partial charge in [0.15, 0.2) is 0 Å². The number of halogens is 1. The number of anilines is 2. The highest BCUT2D eigenvalue weighted by Crippen LogP contribution is 2.20. The van der Waals surface area contributed by atoms with Gasteiger partial charge >= 0.3 is 0 Å². The van der Waals surface area contributed by atoms with Gasteiger partial charge in [-0.15, -0.1) is 0 Å². The average molecular weight is 346 g/mol. The summed E-state index contributed by atoms with van der Waals surface area (Å²) in [5.74, 6) is -0.397. The SMILES string of the molecule is CC(C)NC(=O)c1cccc(NC(=O)CNc2ccccc2Cl)c1. The number of nitrogens with one attached hydrogen (secondary N) is 3. The Morgan fingerprint density at radius 3 is 2.54 bits per heavy atom. The molecule has 0 atom stereocenters. The number of carbonyl (C=O) groups excluding carboxylic acids is 2. The Labute approximate surface area is 146 Å². The van der Waals surface area contributed by atoms with Crippen LogP contribution in [0.2, 0.25) is 5.02 Å². The quantitative estimate of drug-likeness (QED) is 0.750. The summed E-state index contributed by atoms with van der Waals surface area (Å²) in [5, 5.41) is 9.10. The molecule has 0 radical (unpaired) electrons. The van der Waals surface area contributed by atoms with E-state index < -0.39 is 0 Å². The molecule has 126 valence electrons. The topological polar surface area (TPSA) is 70.2 Å². The number of benzene rings is 2. The van der Waals surface area contributed by atoms with Crippen molar-refractivity contribution in [2.24, 2.45) is 0 Å². The first kappa shape index (κ1) is 17.8. The molecule has 3 N–H and O–H groups in total. The van der Waals surface area contributed by atoms with E-state index in [0.717, 1.165) is 0 Å². The van der Waals surface area contributed by atoms with E-state index in [-0.39, 0.29) is 24.4 Å². The van der Waals surface area contributed by atoms with Crippen LogP contribution in [0.1, 0.15) is 24.2 Å². The normalized spacial score (nSPS) is 10.3. The van der Waals surface area contributed by atoms with Crippen LogP contribution in [-0.2, 0) is 4.79 Å². The number of hydrogen-bond donors (Lipinski definition) is 3. The number of rotatable bonds is 6. The minimum Gasteiger partial charge on any atom is -0.375 e. The van der Waals surface area contributed by atoms with Crippen molar-refractivity contribution in [3.05, 3.63) is 59.1 Å². The van der Waals surface area contributed by atoms with Crippen molar-refractivity contribution in [3.63, 3.8) is 0 Å². The second-order valence-electron chi connectivity index (χ2n) is 5.59. The lowest BCUT2D eigenvalue weighted by Gasteiger charge is -2.11. The zero-order chi connectivity index (χ0) is 17.5. The maximum absolute atomic E-state index is 12.0. The van der Waals surface area contributed by atoms with E-state index in [1.807, 2.05) is 26.0 Å². The minimum absolute atomic E-state index is 0.0515. The lowest BCUT2D eigenvalue weighted by molar-refractivity contribution is -0.114. The van der Waals surface area contributed by atoms with Crippen molar-refractivity contribution in [2.45, 2.75) is 19.9 Å². The van der Waals surface area contributed by atoms with E-state index in [9.17, 15) is 9.59 Å². The molecule has 6 heteroatoms. The molecule has 0 fully saturated rings. The van der Waals surface area contributed by atoms with Gasteiger partial charge in [-0.25, -0.2) is 0 Å². The van der Waals surface area contributed by atoms with E-state index >= 15 is 0 Å². The van der Waals surface area contributed by atoms with E-state index in [0.29, 0.717) is 22.0 Å². The van der Waals surface area contributed by atoms with Crippen LogP contribution < -0.4 is 16.0 Å². The Morgan fingerprint density at radius 2 is 1.83 bits per heavy atom. The van der Waals surface area contributed by atoms with Crippen LogP contribution in [0.3, 0.4) is 0 Å². The first-order valence-corrected chi connectivity index (χ1v) is 8.02. The second-order valence-corrected chi connectivity index (χ2v) is 6.00. The molecule has 0 heterocycles. The van der Waals surface area contributed by atoms with Gasteiger partial charge in [0.05, 0.1) is 17.3 Å². The van der Waals surface area contributed by atoms with Crippen molar-refractivity contribution >= 4 is 34.8 Å². The molecule has 2 rings (SSSR count). The fraction of sp³-hybridized carbons (Fsp3) is 0.222. The summed E-state index contributed by atoms with van der Waals surface area (Å²) in [6.45, 7) is 3.86. The molecule has 0 saturated heterocycles. The van der Waals surface area contributed by atoms with E-state index in [1.165, 1.54) is 0 Å². The van der Waals surface area contributed by atoms with Gasteiger partial charge in [-0.3, -0.25) is 9.59 Å². The maximum atomic E-state index is 12.0. The summed E-state index contributed by atoms with van der Waals surface area (Å²) in [6, 6.07) is 14.1. The number of carbonyl (C=O) groups is 2. The second kappa shape index (κ2) is 8.36. The van der Waals surface area contributed by atoms with Crippen molar-refractivity contribution in [3.8, 4) is 0 Å². The van der Waals surface area contributed by atoms with Crippen LogP contribution in [0.15, 0.2) is 48.5 Å². The Kier molecular flexibility index (Phi) is 6.21. The van der Waals surface area contributed by atoms with Gasteiger partial charge in [-0.1, -0.05) is 29.8 Å². The predicted octanol–water partition coefficient (Wildman–Crippen LogP) is 3.53. The molecule has 5 nitrogen and oxygen atoms in total. The van der Waals surface area contributed by atoms with E-state index in [1.54, 1.807) is 36.4 Å². The highest BCUT2D eigenvalue weighted by molar-refractivity contribution is 6.33. The van der Waals surface area contributed by atoms with Gasteiger partial charge in [0.1, 0.15) is 0 Å². The predicted molar refractivity (Wildman–Crippen MR) is 97.6 cm³/mol. The molecule has 2 aromatic rings. The lowest BCUT2D eigenvalue weighted by atomic mass is 10.1. The Hall–Kier alpha value is -2.53. The van der Waals surface area contributed by atoms with Crippen LogP contribution in [-0.4, -0.2) is 24.4 Å². The summed E-state index contributed by atoms with van der Waals surface area (Å²) in [6.07, 6.45) is 0. The number of para-hydroxylation sites is 1.